The summed E-state index contributed by atoms with van der Waals surface area (Å²) in [5.74, 6) is -1.65. The van der Waals surface area contributed by atoms with E-state index in [4.69, 9.17) is 18.9 Å². The highest BCUT2D eigenvalue weighted by molar-refractivity contribution is 5.74. The zero-order valence-electron chi connectivity index (χ0n) is 14.6. The largest absolute Gasteiger partial charge is 0.469 e. The summed E-state index contributed by atoms with van der Waals surface area (Å²) >= 11 is 0. The molecule has 3 rings (SSSR count). The van der Waals surface area contributed by atoms with Crippen LogP contribution in [0.25, 0.3) is 0 Å². The summed E-state index contributed by atoms with van der Waals surface area (Å²) in [7, 11) is 1.34. The topological polar surface area (TPSA) is 83.1 Å². The monoisotopic (exact) mass is 349 g/mol. The third kappa shape index (κ3) is 3.93. The predicted molar refractivity (Wildman–Crippen MR) is 87.5 cm³/mol. The summed E-state index contributed by atoms with van der Waals surface area (Å²) in [6.45, 7) is 3.74. The lowest BCUT2D eigenvalue weighted by Crippen LogP contribution is -2.43. The summed E-state index contributed by atoms with van der Waals surface area (Å²) < 4.78 is 21.8. The van der Waals surface area contributed by atoms with Gasteiger partial charge in [0.2, 0.25) is 0 Å². The van der Waals surface area contributed by atoms with Crippen molar-refractivity contribution in [2.75, 3.05) is 7.11 Å². The lowest BCUT2D eigenvalue weighted by atomic mass is 10.1. The highest BCUT2D eigenvalue weighted by Crippen LogP contribution is 2.42. The Labute approximate surface area is 146 Å². The maximum absolute atomic E-state index is 12.1. The molecule has 0 aromatic heterocycles. The fraction of sp³-hybridized carbons (Fsp3) is 0.556. The lowest BCUT2D eigenvalue weighted by molar-refractivity contribution is -0.168. The minimum atomic E-state index is -0.810. The number of nitrogens with one attached hydrogen (secondary N) is 1. The van der Waals surface area contributed by atoms with Gasteiger partial charge in [-0.25, -0.2) is 4.79 Å². The molecule has 0 radical (unpaired) electrons. The van der Waals surface area contributed by atoms with Gasteiger partial charge in [0.15, 0.2) is 5.79 Å². The number of amides is 1. The highest BCUT2D eigenvalue weighted by Gasteiger charge is 2.57. The van der Waals surface area contributed by atoms with Crippen LogP contribution in [0.3, 0.4) is 0 Å². The molecule has 1 aromatic carbocycles. The van der Waals surface area contributed by atoms with Crippen LogP contribution >= 0.6 is 0 Å². The van der Waals surface area contributed by atoms with Crippen molar-refractivity contribution in [3.63, 3.8) is 0 Å². The molecule has 1 aromatic rings. The summed E-state index contributed by atoms with van der Waals surface area (Å²) in [6.07, 6.45) is -1.02. The summed E-state index contributed by atoms with van der Waals surface area (Å²) in [5, 5.41) is 2.79. The summed E-state index contributed by atoms with van der Waals surface area (Å²) in [6, 6.07) is 9.04. The first-order valence-electron chi connectivity index (χ1n) is 8.30. The number of benzene rings is 1. The van der Waals surface area contributed by atoms with Gasteiger partial charge in [0, 0.05) is 0 Å². The molecule has 1 aliphatic carbocycles. The Kier molecular flexibility index (Phi) is 4.96. The molecule has 0 unspecified atom stereocenters. The fourth-order valence-corrected chi connectivity index (χ4v) is 3.42. The van der Waals surface area contributed by atoms with Crippen molar-refractivity contribution in [2.45, 2.75) is 50.9 Å². The molecule has 1 aliphatic heterocycles. The van der Waals surface area contributed by atoms with E-state index in [2.05, 4.69) is 5.32 Å². The van der Waals surface area contributed by atoms with Crippen LogP contribution in [0.5, 0.6) is 0 Å². The maximum atomic E-state index is 12.1. The lowest BCUT2D eigenvalue weighted by Gasteiger charge is -2.23. The molecule has 7 nitrogen and oxygen atoms in total. The number of esters is 1. The number of alkyl carbamates (subject to hydrolysis) is 1. The van der Waals surface area contributed by atoms with Crippen LogP contribution in [0, 0.1) is 5.92 Å². The van der Waals surface area contributed by atoms with Crippen LogP contribution in [0.1, 0.15) is 25.8 Å². The molecule has 7 heteroatoms. The normalized spacial score (nSPS) is 29.7. The zero-order chi connectivity index (χ0) is 18.0. The predicted octanol–water partition coefficient (Wildman–Crippen LogP) is 1.99. The van der Waals surface area contributed by atoms with Gasteiger partial charge in [-0.05, 0) is 25.8 Å². The number of hydrogen-bond donors (Lipinski definition) is 1. The van der Waals surface area contributed by atoms with Gasteiger partial charge in [-0.3, -0.25) is 4.79 Å². The van der Waals surface area contributed by atoms with Crippen molar-refractivity contribution in [1.82, 2.24) is 5.32 Å². The van der Waals surface area contributed by atoms with Crippen molar-refractivity contribution < 1.29 is 28.5 Å². The van der Waals surface area contributed by atoms with Gasteiger partial charge in [0.05, 0.1) is 19.1 Å². The average Bonchev–Trinajstić information content (AvgIpc) is 3.07. The first-order valence-corrected chi connectivity index (χ1v) is 8.30. The standard InChI is InChI=1S/C18H23NO6/c1-18(2)24-14-12(16(20)22-3)9-13(15(14)25-18)19-17(21)23-10-11-7-5-4-6-8-11/h4-8,12-15H,9-10H2,1-3H3,(H,19,21)/t12-,13-,14+,15-/m0/s1. The van der Waals surface area contributed by atoms with Crippen LogP contribution in [0.4, 0.5) is 4.79 Å². The van der Waals surface area contributed by atoms with E-state index in [1.54, 1.807) is 13.8 Å². The van der Waals surface area contributed by atoms with Crippen LogP contribution in [0.2, 0.25) is 0 Å². The fourth-order valence-electron chi connectivity index (χ4n) is 3.42. The van der Waals surface area contributed by atoms with E-state index in [-0.39, 0.29) is 18.6 Å². The van der Waals surface area contributed by atoms with Gasteiger partial charge in [0.25, 0.3) is 0 Å². The van der Waals surface area contributed by atoms with Gasteiger partial charge in [0.1, 0.15) is 18.8 Å². The molecule has 25 heavy (non-hydrogen) atoms. The van der Waals surface area contributed by atoms with E-state index in [1.165, 1.54) is 7.11 Å². The molecule has 136 valence electrons. The number of fused-ring (bicyclic) bond motifs is 1. The molecule has 0 spiro atoms. The van der Waals surface area contributed by atoms with E-state index >= 15 is 0 Å². The van der Waals surface area contributed by atoms with Gasteiger partial charge >= 0.3 is 12.1 Å². The maximum Gasteiger partial charge on any atom is 0.407 e. The summed E-state index contributed by atoms with van der Waals surface area (Å²) in [5.41, 5.74) is 0.899. The van der Waals surface area contributed by atoms with Crippen molar-refractivity contribution in [3.05, 3.63) is 35.9 Å². The van der Waals surface area contributed by atoms with E-state index in [1.807, 2.05) is 30.3 Å². The molecule has 2 fully saturated rings. The van der Waals surface area contributed by atoms with Crippen molar-refractivity contribution >= 4 is 12.1 Å². The third-order valence-corrected chi connectivity index (χ3v) is 4.48. The van der Waals surface area contributed by atoms with Gasteiger partial charge < -0.3 is 24.3 Å². The Morgan fingerprint density at radius 2 is 1.88 bits per heavy atom. The second-order valence-corrected chi connectivity index (χ2v) is 6.74. The molecular weight excluding hydrogens is 326 g/mol. The minimum Gasteiger partial charge on any atom is -0.469 e. The second kappa shape index (κ2) is 7.01. The van der Waals surface area contributed by atoms with E-state index in [9.17, 15) is 9.59 Å². The number of methoxy groups -OCH3 is 1. The molecule has 4 atom stereocenters. The smallest absolute Gasteiger partial charge is 0.407 e. The van der Waals surface area contributed by atoms with E-state index in [0.717, 1.165) is 5.56 Å². The Bertz CT molecular complexity index is 632. The Balaban J connectivity index is 1.61. The SMILES string of the molecule is COC(=O)[C@H]1C[C@H](NC(=O)OCc2ccccc2)[C@@H]2OC(C)(C)O[C@@H]21. The zero-order valence-corrected chi connectivity index (χ0v) is 14.6. The molecule has 1 N–H and O–H groups in total. The van der Waals surface area contributed by atoms with E-state index < -0.39 is 30.0 Å². The third-order valence-electron chi connectivity index (χ3n) is 4.48. The number of carbonyl (C=O) groups excluding carboxylic acids is 2. The molecule has 0 bridgehead atoms. The molecule has 1 saturated heterocycles. The number of hydrogen-bond acceptors (Lipinski definition) is 6. The first kappa shape index (κ1) is 17.7. The highest BCUT2D eigenvalue weighted by atomic mass is 16.8. The van der Waals surface area contributed by atoms with Crippen molar-refractivity contribution in [3.8, 4) is 0 Å². The van der Waals surface area contributed by atoms with Crippen LogP contribution in [0.15, 0.2) is 30.3 Å². The van der Waals surface area contributed by atoms with Gasteiger partial charge in [-0.2, -0.15) is 0 Å². The van der Waals surface area contributed by atoms with Crippen molar-refractivity contribution in [2.24, 2.45) is 5.92 Å². The van der Waals surface area contributed by atoms with Crippen LogP contribution < -0.4 is 5.32 Å². The number of ether oxygens (including phenoxy) is 4. The quantitative estimate of drug-likeness (QED) is 0.837. The summed E-state index contributed by atoms with van der Waals surface area (Å²) in [4.78, 5) is 24.1. The molecular formula is C18H23NO6. The molecule has 1 heterocycles. The molecule has 1 amide bonds. The molecule has 2 aliphatic rings. The Hall–Kier alpha value is -2.12. The number of rotatable bonds is 4. The van der Waals surface area contributed by atoms with Crippen molar-refractivity contribution in [1.29, 1.82) is 0 Å². The first-order chi connectivity index (χ1) is 11.9. The minimum absolute atomic E-state index is 0.177. The van der Waals surface area contributed by atoms with Crippen LogP contribution in [-0.4, -0.2) is 43.2 Å². The Morgan fingerprint density at radius 3 is 2.56 bits per heavy atom. The average molecular weight is 349 g/mol. The Morgan fingerprint density at radius 1 is 1.20 bits per heavy atom. The van der Waals surface area contributed by atoms with Gasteiger partial charge in [-0.15, -0.1) is 0 Å². The van der Waals surface area contributed by atoms with Gasteiger partial charge in [-0.1, -0.05) is 30.3 Å². The van der Waals surface area contributed by atoms with E-state index in [0.29, 0.717) is 6.42 Å². The van der Waals surface area contributed by atoms with Crippen LogP contribution in [-0.2, 0) is 30.3 Å². The second-order valence-electron chi connectivity index (χ2n) is 6.74. The number of carbonyl (C=O) groups is 2. The molecule has 1 saturated carbocycles.